The zero-order valence-electron chi connectivity index (χ0n) is 10.5. The molecular weight excluding hydrogens is 240 g/mol. The number of aryl methyl sites for hydroxylation is 1. The van der Waals surface area contributed by atoms with E-state index in [1.807, 2.05) is 37.3 Å². The molecule has 2 aromatic carbocycles. The number of para-hydroxylation sites is 1. The SMILES string of the molecule is Cc1cccc2c1C(O)c1ccccc1N2C(N)=O. The van der Waals surface area contributed by atoms with E-state index < -0.39 is 12.1 Å². The first-order valence-corrected chi connectivity index (χ1v) is 6.07. The van der Waals surface area contributed by atoms with Gasteiger partial charge in [0.05, 0.1) is 11.4 Å². The molecule has 3 rings (SSSR count). The van der Waals surface area contributed by atoms with Gasteiger partial charge < -0.3 is 10.8 Å². The lowest BCUT2D eigenvalue weighted by Gasteiger charge is -2.34. The Balaban J connectivity index is 2.33. The van der Waals surface area contributed by atoms with Crippen molar-refractivity contribution in [1.29, 1.82) is 0 Å². The lowest BCUT2D eigenvalue weighted by Crippen LogP contribution is -2.35. The third-order valence-corrected chi connectivity index (χ3v) is 3.51. The highest BCUT2D eigenvalue weighted by molar-refractivity contribution is 6.01. The number of primary amides is 1. The van der Waals surface area contributed by atoms with Crippen LogP contribution in [0.1, 0.15) is 22.8 Å². The van der Waals surface area contributed by atoms with Crippen LogP contribution in [0.25, 0.3) is 0 Å². The maximum absolute atomic E-state index is 11.8. The van der Waals surface area contributed by atoms with E-state index in [-0.39, 0.29) is 0 Å². The van der Waals surface area contributed by atoms with Gasteiger partial charge in [0.1, 0.15) is 6.10 Å². The summed E-state index contributed by atoms with van der Waals surface area (Å²) in [6, 6.07) is 12.3. The number of rotatable bonds is 0. The van der Waals surface area contributed by atoms with Gasteiger partial charge >= 0.3 is 6.03 Å². The maximum atomic E-state index is 11.8. The van der Waals surface area contributed by atoms with Crippen molar-refractivity contribution in [3.63, 3.8) is 0 Å². The standard InChI is InChI=1S/C15H14N2O2/c1-9-5-4-8-12-13(9)14(18)10-6-2-3-7-11(10)17(12)15(16)19/h2-8,14,18H,1H3,(H2,16,19). The molecule has 0 saturated heterocycles. The van der Waals surface area contributed by atoms with Gasteiger partial charge in [-0.2, -0.15) is 0 Å². The van der Waals surface area contributed by atoms with E-state index in [2.05, 4.69) is 0 Å². The molecule has 0 fully saturated rings. The molecule has 2 amide bonds. The summed E-state index contributed by atoms with van der Waals surface area (Å²) in [5, 5.41) is 10.5. The first-order chi connectivity index (χ1) is 9.11. The predicted molar refractivity (Wildman–Crippen MR) is 73.4 cm³/mol. The molecule has 4 nitrogen and oxygen atoms in total. The third-order valence-electron chi connectivity index (χ3n) is 3.51. The quantitative estimate of drug-likeness (QED) is 0.758. The second-order valence-corrected chi connectivity index (χ2v) is 4.64. The Bertz CT molecular complexity index is 667. The molecule has 0 spiro atoms. The monoisotopic (exact) mass is 254 g/mol. The summed E-state index contributed by atoms with van der Waals surface area (Å²) < 4.78 is 0. The Morgan fingerprint density at radius 2 is 1.84 bits per heavy atom. The van der Waals surface area contributed by atoms with Crippen LogP contribution in [0.2, 0.25) is 0 Å². The molecule has 4 heteroatoms. The number of hydrogen-bond acceptors (Lipinski definition) is 2. The minimum atomic E-state index is -0.733. The summed E-state index contributed by atoms with van der Waals surface area (Å²) >= 11 is 0. The molecule has 1 atom stereocenters. The molecule has 1 aliphatic rings. The average Bonchev–Trinajstić information content (AvgIpc) is 2.38. The van der Waals surface area contributed by atoms with Gasteiger partial charge in [0.25, 0.3) is 0 Å². The zero-order valence-corrected chi connectivity index (χ0v) is 10.5. The van der Waals surface area contributed by atoms with Gasteiger partial charge in [-0.3, -0.25) is 4.90 Å². The molecule has 0 saturated carbocycles. The van der Waals surface area contributed by atoms with Gasteiger partial charge in [-0.25, -0.2) is 4.79 Å². The number of aliphatic hydroxyl groups is 1. The Hall–Kier alpha value is -2.33. The van der Waals surface area contributed by atoms with E-state index in [1.54, 1.807) is 12.1 Å². The molecule has 0 bridgehead atoms. The van der Waals surface area contributed by atoms with Crippen molar-refractivity contribution in [1.82, 2.24) is 0 Å². The molecule has 3 N–H and O–H groups in total. The highest BCUT2D eigenvalue weighted by Gasteiger charge is 2.32. The molecule has 1 aliphatic heterocycles. The van der Waals surface area contributed by atoms with E-state index in [0.29, 0.717) is 16.9 Å². The van der Waals surface area contributed by atoms with Crippen LogP contribution in [-0.2, 0) is 0 Å². The minimum Gasteiger partial charge on any atom is -0.383 e. The number of hydrogen-bond donors (Lipinski definition) is 2. The fraction of sp³-hybridized carbons (Fsp3) is 0.133. The van der Waals surface area contributed by atoms with Crippen molar-refractivity contribution < 1.29 is 9.90 Å². The van der Waals surface area contributed by atoms with Crippen molar-refractivity contribution in [2.24, 2.45) is 5.73 Å². The van der Waals surface area contributed by atoms with Crippen molar-refractivity contribution in [2.45, 2.75) is 13.0 Å². The number of amides is 2. The molecule has 2 aromatic rings. The number of urea groups is 1. The smallest absolute Gasteiger partial charge is 0.323 e. The lowest BCUT2D eigenvalue weighted by atomic mass is 9.90. The van der Waals surface area contributed by atoms with E-state index in [4.69, 9.17) is 5.73 Å². The molecular formula is C15H14N2O2. The number of nitrogens with zero attached hydrogens (tertiary/aromatic N) is 1. The third kappa shape index (κ3) is 1.61. The number of carbonyl (C=O) groups excluding carboxylic acids is 1. The molecule has 0 aromatic heterocycles. The number of nitrogens with two attached hydrogens (primary N) is 1. The summed E-state index contributed by atoms with van der Waals surface area (Å²) in [4.78, 5) is 13.2. The van der Waals surface area contributed by atoms with Crippen molar-refractivity contribution in [3.8, 4) is 0 Å². The summed E-state index contributed by atoms with van der Waals surface area (Å²) in [6.07, 6.45) is -0.733. The van der Waals surface area contributed by atoms with Gasteiger partial charge in [-0.15, -0.1) is 0 Å². The van der Waals surface area contributed by atoms with Crippen LogP contribution in [0.4, 0.5) is 16.2 Å². The molecule has 1 unspecified atom stereocenters. The molecule has 19 heavy (non-hydrogen) atoms. The fourth-order valence-electron chi connectivity index (χ4n) is 2.66. The van der Waals surface area contributed by atoms with E-state index in [9.17, 15) is 9.90 Å². The summed E-state index contributed by atoms with van der Waals surface area (Å²) in [5.41, 5.74) is 9.16. The summed E-state index contributed by atoms with van der Waals surface area (Å²) in [5.74, 6) is 0. The van der Waals surface area contributed by atoms with Gasteiger partial charge in [0.15, 0.2) is 0 Å². The van der Waals surface area contributed by atoms with Crippen LogP contribution in [0.15, 0.2) is 42.5 Å². The molecule has 0 radical (unpaired) electrons. The first kappa shape index (κ1) is 11.7. The van der Waals surface area contributed by atoms with Crippen LogP contribution in [0, 0.1) is 6.92 Å². The first-order valence-electron chi connectivity index (χ1n) is 6.07. The zero-order chi connectivity index (χ0) is 13.6. The normalized spacial score (nSPS) is 16.7. The van der Waals surface area contributed by atoms with Gasteiger partial charge in [0.2, 0.25) is 0 Å². The van der Waals surface area contributed by atoms with E-state index in [1.165, 1.54) is 4.90 Å². The Morgan fingerprint density at radius 3 is 2.58 bits per heavy atom. The average molecular weight is 254 g/mol. The summed E-state index contributed by atoms with van der Waals surface area (Å²) in [7, 11) is 0. The van der Waals surface area contributed by atoms with Crippen LogP contribution in [0.5, 0.6) is 0 Å². The Labute approximate surface area is 111 Å². The van der Waals surface area contributed by atoms with E-state index in [0.717, 1.165) is 11.1 Å². The van der Waals surface area contributed by atoms with Crippen molar-refractivity contribution in [2.75, 3.05) is 4.90 Å². The summed E-state index contributed by atoms with van der Waals surface area (Å²) in [6.45, 7) is 1.91. The highest BCUT2D eigenvalue weighted by Crippen LogP contribution is 2.45. The predicted octanol–water partition coefficient (Wildman–Crippen LogP) is 2.61. The Kier molecular flexibility index (Phi) is 2.54. The van der Waals surface area contributed by atoms with Gasteiger partial charge in [-0.1, -0.05) is 30.3 Å². The lowest BCUT2D eigenvalue weighted by molar-refractivity contribution is 0.218. The molecule has 96 valence electrons. The number of benzene rings is 2. The van der Waals surface area contributed by atoms with Crippen molar-refractivity contribution in [3.05, 3.63) is 59.2 Å². The largest absolute Gasteiger partial charge is 0.383 e. The Morgan fingerprint density at radius 1 is 1.16 bits per heavy atom. The van der Waals surface area contributed by atoms with Crippen LogP contribution in [-0.4, -0.2) is 11.1 Å². The topological polar surface area (TPSA) is 66.6 Å². The fourth-order valence-corrected chi connectivity index (χ4v) is 2.66. The maximum Gasteiger partial charge on any atom is 0.323 e. The molecule has 0 aliphatic carbocycles. The van der Waals surface area contributed by atoms with Crippen LogP contribution < -0.4 is 10.6 Å². The van der Waals surface area contributed by atoms with E-state index >= 15 is 0 Å². The second-order valence-electron chi connectivity index (χ2n) is 4.64. The van der Waals surface area contributed by atoms with Gasteiger partial charge in [-0.05, 0) is 24.6 Å². The van der Waals surface area contributed by atoms with Gasteiger partial charge in [0, 0.05) is 11.1 Å². The second kappa shape index (κ2) is 4.10. The van der Waals surface area contributed by atoms with Crippen LogP contribution in [0.3, 0.4) is 0 Å². The number of aliphatic hydroxyl groups excluding tert-OH is 1. The van der Waals surface area contributed by atoms with Crippen molar-refractivity contribution >= 4 is 17.4 Å². The number of anilines is 2. The number of carbonyl (C=O) groups is 1. The molecule has 1 heterocycles. The minimum absolute atomic E-state index is 0.550. The highest BCUT2D eigenvalue weighted by atomic mass is 16.3. The van der Waals surface area contributed by atoms with Crippen LogP contribution >= 0.6 is 0 Å². The number of fused-ring (bicyclic) bond motifs is 2.